The van der Waals surface area contributed by atoms with Crippen LogP contribution in [0.5, 0.6) is 0 Å². The minimum Gasteiger partial charge on any atom is -0.477 e. The summed E-state index contributed by atoms with van der Waals surface area (Å²) in [4.78, 5) is 17.1. The van der Waals surface area contributed by atoms with Gasteiger partial charge < -0.3 is 9.84 Å². The van der Waals surface area contributed by atoms with Crippen LogP contribution in [0.15, 0.2) is 18.3 Å². The highest BCUT2D eigenvalue weighted by molar-refractivity contribution is 5.86. The van der Waals surface area contributed by atoms with E-state index >= 15 is 0 Å². The van der Waals surface area contributed by atoms with Gasteiger partial charge in [-0.3, -0.25) is 4.90 Å². The van der Waals surface area contributed by atoms with Gasteiger partial charge in [0.1, 0.15) is 0 Å². The molecule has 1 aliphatic rings. The molecule has 1 fully saturated rings. The van der Waals surface area contributed by atoms with Gasteiger partial charge in [0.05, 0.1) is 6.10 Å². The van der Waals surface area contributed by atoms with Crippen LogP contribution in [-0.2, 0) is 11.3 Å². The molecule has 17 heavy (non-hydrogen) atoms. The molecule has 0 spiro atoms. The second-order valence-electron chi connectivity index (χ2n) is 4.20. The van der Waals surface area contributed by atoms with Crippen molar-refractivity contribution < 1.29 is 14.6 Å². The van der Waals surface area contributed by atoms with Gasteiger partial charge in [-0.05, 0) is 18.1 Å². The minimum atomic E-state index is -0.969. The Hall–Kier alpha value is -1.46. The molecule has 1 N–H and O–H groups in total. The molecule has 1 aromatic heterocycles. The maximum Gasteiger partial charge on any atom is 0.354 e. The Morgan fingerprint density at radius 2 is 2.53 bits per heavy atom. The lowest BCUT2D eigenvalue weighted by Crippen LogP contribution is -2.23. The molecule has 0 aliphatic carbocycles. The molecule has 0 amide bonds. The first-order valence-electron chi connectivity index (χ1n) is 5.63. The summed E-state index contributed by atoms with van der Waals surface area (Å²) in [5.74, 6) is -0.969. The highest BCUT2D eigenvalue weighted by Gasteiger charge is 2.23. The summed E-state index contributed by atoms with van der Waals surface area (Å²) in [5, 5.41) is 9.03. The molecule has 0 radical (unpaired) electrons. The molecular formula is C12H16N2O3. The van der Waals surface area contributed by atoms with Crippen molar-refractivity contribution in [2.24, 2.45) is 0 Å². The van der Waals surface area contributed by atoms with Gasteiger partial charge in [-0.25, -0.2) is 9.78 Å². The topological polar surface area (TPSA) is 62.7 Å². The molecule has 5 nitrogen and oxygen atoms in total. The van der Waals surface area contributed by atoms with E-state index < -0.39 is 5.97 Å². The molecule has 1 aromatic rings. The van der Waals surface area contributed by atoms with Crippen LogP contribution in [0.1, 0.15) is 22.5 Å². The van der Waals surface area contributed by atoms with E-state index in [2.05, 4.69) is 9.88 Å². The number of carbonyl (C=O) groups is 1. The Bertz CT molecular complexity index is 408. The third-order valence-electron chi connectivity index (χ3n) is 3.05. The molecular weight excluding hydrogens is 220 g/mol. The van der Waals surface area contributed by atoms with Gasteiger partial charge in [-0.15, -0.1) is 0 Å². The highest BCUT2D eigenvalue weighted by Crippen LogP contribution is 2.16. The predicted octanol–water partition coefficient (Wildman–Crippen LogP) is 1.00. The number of rotatable bonds is 4. The van der Waals surface area contributed by atoms with E-state index in [1.807, 2.05) is 6.07 Å². The van der Waals surface area contributed by atoms with Crippen molar-refractivity contribution in [1.29, 1.82) is 0 Å². The average Bonchev–Trinajstić information content (AvgIpc) is 2.77. The van der Waals surface area contributed by atoms with Gasteiger partial charge in [0, 0.05) is 32.9 Å². The van der Waals surface area contributed by atoms with Gasteiger partial charge in [-0.2, -0.15) is 0 Å². The van der Waals surface area contributed by atoms with Crippen LogP contribution in [0.3, 0.4) is 0 Å². The average molecular weight is 236 g/mol. The summed E-state index contributed by atoms with van der Waals surface area (Å²) in [5.41, 5.74) is 0.908. The van der Waals surface area contributed by atoms with Crippen LogP contribution in [-0.4, -0.2) is 47.3 Å². The largest absolute Gasteiger partial charge is 0.477 e. The number of ether oxygens (including phenoxy) is 1. The number of carboxylic acids is 1. The number of hydrogen-bond acceptors (Lipinski definition) is 4. The summed E-state index contributed by atoms with van der Waals surface area (Å²) in [6.45, 7) is 2.41. The lowest BCUT2D eigenvalue weighted by molar-refractivity contribution is 0.0687. The normalized spacial score (nSPS) is 20.6. The second-order valence-corrected chi connectivity index (χ2v) is 4.20. The van der Waals surface area contributed by atoms with E-state index in [1.54, 1.807) is 13.2 Å². The predicted molar refractivity (Wildman–Crippen MR) is 61.9 cm³/mol. The smallest absolute Gasteiger partial charge is 0.354 e. The fourth-order valence-corrected chi connectivity index (χ4v) is 2.13. The van der Waals surface area contributed by atoms with Crippen LogP contribution in [0.4, 0.5) is 0 Å². The minimum absolute atomic E-state index is 0.147. The summed E-state index contributed by atoms with van der Waals surface area (Å²) < 4.78 is 5.28. The quantitative estimate of drug-likeness (QED) is 0.845. The Balaban J connectivity index is 2.06. The van der Waals surface area contributed by atoms with Crippen molar-refractivity contribution in [2.75, 3.05) is 20.2 Å². The van der Waals surface area contributed by atoms with Gasteiger partial charge in [0.15, 0.2) is 5.69 Å². The Labute approximate surface area is 100 Å². The zero-order valence-electron chi connectivity index (χ0n) is 9.80. The van der Waals surface area contributed by atoms with Crippen LogP contribution in [0.25, 0.3) is 0 Å². The third kappa shape index (κ3) is 2.81. The van der Waals surface area contributed by atoms with Crippen molar-refractivity contribution >= 4 is 5.97 Å². The van der Waals surface area contributed by atoms with Crippen molar-refractivity contribution in [3.63, 3.8) is 0 Å². The van der Waals surface area contributed by atoms with Crippen molar-refractivity contribution in [1.82, 2.24) is 9.88 Å². The standard InChI is InChI=1S/C12H16N2O3/c1-17-10-4-6-14(8-10)7-9-3-2-5-13-11(9)12(15)16/h2-3,5,10H,4,6-8H2,1H3,(H,15,16). The number of aromatic carboxylic acids is 1. The maximum absolute atomic E-state index is 11.0. The van der Waals surface area contributed by atoms with E-state index in [0.717, 1.165) is 25.1 Å². The monoisotopic (exact) mass is 236 g/mol. The number of nitrogens with zero attached hydrogens (tertiary/aromatic N) is 2. The lowest BCUT2D eigenvalue weighted by atomic mass is 10.2. The molecule has 5 heteroatoms. The third-order valence-corrected chi connectivity index (χ3v) is 3.05. The van der Waals surface area contributed by atoms with Crippen LogP contribution in [0.2, 0.25) is 0 Å². The maximum atomic E-state index is 11.0. The number of pyridine rings is 1. The zero-order valence-corrected chi connectivity index (χ0v) is 9.80. The zero-order chi connectivity index (χ0) is 12.3. The Morgan fingerprint density at radius 3 is 3.18 bits per heavy atom. The molecule has 1 aliphatic heterocycles. The fraction of sp³-hybridized carbons (Fsp3) is 0.500. The number of carboxylic acid groups (broad SMARTS) is 1. The summed E-state index contributed by atoms with van der Waals surface area (Å²) in [6, 6.07) is 3.59. The van der Waals surface area contributed by atoms with Crippen molar-refractivity contribution in [3.05, 3.63) is 29.6 Å². The van der Waals surface area contributed by atoms with Gasteiger partial charge in [0.2, 0.25) is 0 Å². The first kappa shape index (κ1) is 12.0. The summed E-state index contributed by atoms with van der Waals surface area (Å²) in [7, 11) is 1.71. The SMILES string of the molecule is COC1CCN(Cc2cccnc2C(=O)O)C1. The van der Waals surface area contributed by atoms with Crippen LogP contribution >= 0.6 is 0 Å². The number of hydrogen-bond donors (Lipinski definition) is 1. The first-order valence-corrected chi connectivity index (χ1v) is 5.63. The second kappa shape index (κ2) is 5.25. The van der Waals surface area contributed by atoms with E-state index in [4.69, 9.17) is 9.84 Å². The van der Waals surface area contributed by atoms with Gasteiger partial charge >= 0.3 is 5.97 Å². The number of methoxy groups -OCH3 is 1. The fourth-order valence-electron chi connectivity index (χ4n) is 2.13. The molecule has 1 unspecified atom stereocenters. The molecule has 0 aromatic carbocycles. The highest BCUT2D eigenvalue weighted by atomic mass is 16.5. The number of likely N-dealkylation sites (tertiary alicyclic amines) is 1. The molecule has 0 saturated carbocycles. The van der Waals surface area contributed by atoms with Crippen LogP contribution < -0.4 is 0 Å². The molecule has 1 saturated heterocycles. The molecule has 1 atom stereocenters. The molecule has 92 valence electrons. The molecule has 2 rings (SSSR count). The van der Waals surface area contributed by atoms with Crippen molar-refractivity contribution in [3.8, 4) is 0 Å². The van der Waals surface area contributed by atoms with E-state index in [9.17, 15) is 4.79 Å². The number of aromatic nitrogens is 1. The summed E-state index contributed by atoms with van der Waals surface area (Å²) in [6.07, 6.45) is 2.77. The van der Waals surface area contributed by atoms with Crippen molar-refractivity contribution in [2.45, 2.75) is 19.1 Å². The first-order chi connectivity index (χ1) is 8.20. The van der Waals surface area contributed by atoms with E-state index in [-0.39, 0.29) is 11.8 Å². The summed E-state index contributed by atoms with van der Waals surface area (Å²) >= 11 is 0. The van der Waals surface area contributed by atoms with Gasteiger partial charge in [-0.1, -0.05) is 6.07 Å². The van der Waals surface area contributed by atoms with Gasteiger partial charge in [0.25, 0.3) is 0 Å². The molecule has 2 heterocycles. The van der Waals surface area contributed by atoms with E-state index in [1.165, 1.54) is 6.20 Å². The molecule has 0 bridgehead atoms. The Morgan fingerprint density at radius 1 is 1.71 bits per heavy atom. The van der Waals surface area contributed by atoms with E-state index in [0.29, 0.717) is 6.54 Å². The van der Waals surface area contributed by atoms with Crippen LogP contribution in [0, 0.1) is 0 Å². The Kier molecular flexibility index (Phi) is 3.71. The lowest BCUT2D eigenvalue weighted by Gasteiger charge is -2.16.